The molecule has 2 aromatic rings. The van der Waals surface area contributed by atoms with Gasteiger partial charge in [-0.05, 0) is 22.9 Å². The van der Waals surface area contributed by atoms with Crippen molar-refractivity contribution in [2.75, 3.05) is 14.2 Å². The molecule has 0 N–H and O–H groups in total. The fraction of sp³-hybridized carbons (Fsp3) is 0.333. The van der Waals surface area contributed by atoms with E-state index in [-0.39, 0.29) is 0 Å². The van der Waals surface area contributed by atoms with Crippen molar-refractivity contribution in [2.24, 2.45) is 0 Å². The third-order valence-electron chi connectivity index (χ3n) is 2.13. The highest BCUT2D eigenvalue weighted by molar-refractivity contribution is 9.10. The van der Waals surface area contributed by atoms with Gasteiger partial charge in [0, 0.05) is 0 Å². The number of hydrogen-bond acceptors (Lipinski definition) is 4. The van der Waals surface area contributed by atoms with E-state index in [1.54, 1.807) is 24.9 Å². The number of methoxy groups -OCH3 is 2. The number of hydrogen-bond donors (Lipinski definition) is 0. The molecule has 0 amide bonds. The number of rotatable bonds is 2. The van der Waals surface area contributed by atoms with Crippen LogP contribution in [0.5, 0.6) is 11.8 Å². The monoisotopic (exact) mass is 271 g/mol. The Balaban J connectivity index is 2.85. The zero-order valence-electron chi connectivity index (χ0n) is 8.61. The van der Waals surface area contributed by atoms with Gasteiger partial charge < -0.3 is 9.47 Å². The first-order valence-corrected chi connectivity index (χ1v) is 5.10. The summed E-state index contributed by atoms with van der Waals surface area (Å²) < 4.78 is 12.9. The Morgan fingerprint density at radius 1 is 1.33 bits per heavy atom. The molecule has 0 radical (unpaired) electrons. The van der Waals surface area contributed by atoms with Crippen molar-refractivity contribution in [3.63, 3.8) is 0 Å². The Bertz CT molecular complexity index is 510. The van der Waals surface area contributed by atoms with E-state index in [0.29, 0.717) is 17.4 Å². The molecule has 80 valence electrons. The lowest BCUT2D eigenvalue weighted by Crippen LogP contribution is -2.03. The molecule has 0 aliphatic rings. The lowest BCUT2D eigenvalue weighted by atomic mass is 10.3. The predicted molar refractivity (Wildman–Crippen MR) is 58.5 cm³/mol. The molecule has 0 atom stereocenters. The van der Waals surface area contributed by atoms with Crippen LogP contribution in [0.4, 0.5) is 0 Å². The molecular formula is C9H10BrN3O2. The first-order chi connectivity index (χ1) is 7.19. The highest BCUT2D eigenvalue weighted by Gasteiger charge is 2.15. The van der Waals surface area contributed by atoms with Crippen LogP contribution in [0.15, 0.2) is 10.7 Å². The molecule has 0 aromatic carbocycles. The SMILES string of the molecule is COc1nc2c(Br)cnn2c(OC)c1C. The van der Waals surface area contributed by atoms with E-state index in [9.17, 15) is 0 Å². The summed E-state index contributed by atoms with van der Waals surface area (Å²) >= 11 is 3.36. The van der Waals surface area contributed by atoms with Crippen LogP contribution in [0.25, 0.3) is 5.65 Å². The van der Waals surface area contributed by atoms with Crippen molar-refractivity contribution >= 4 is 21.6 Å². The van der Waals surface area contributed by atoms with E-state index in [1.807, 2.05) is 6.92 Å². The molecule has 6 heteroatoms. The van der Waals surface area contributed by atoms with Crippen LogP contribution in [0, 0.1) is 6.92 Å². The first kappa shape index (κ1) is 10.2. The van der Waals surface area contributed by atoms with Crippen LogP contribution in [-0.4, -0.2) is 28.8 Å². The third-order valence-corrected chi connectivity index (χ3v) is 2.69. The normalized spacial score (nSPS) is 10.7. The second-order valence-corrected chi connectivity index (χ2v) is 3.84. The zero-order valence-corrected chi connectivity index (χ0v) is 10.2. The molecule has 2 aromatic heterocycles. The molecule has 0 saturated heterocycles. The van der Waals surface area contributed by atoms with Crippen molar-refractivity contribution < 1.29 is 9.47 Å². The largest absolute Gasteiger partial charge is 0.481 e. The molecular weight excluding hydrogens is 262 g/mol. The highest BCUT2D eigenvalue weighted by Crippen LogP contribution is 2.29. The average molecular weight is 272 g/mol. The van der Waals surface area contributed by atoms with Gasteiger partial charge >= 0.3 is 0 Å². The van der Waals surface area contributed by atoms with E-state index in [0.717, 1.165) is 10.0 Å². The van der Waals surface area contributed by atoms with Crippen LogP contribution in [0.3, 0.4) is 0 Å². The van der Waals surface area contributed by atoms with Crippen molar-refractivity contribution in [3.8, 4) is 11.8 Å². The minimum absolute atomic E-state index is 0.542. The standard InChI is InChI=1S/C9H10BrN3O2/c1-5-8(14-2)12-7-6(10)4-11-13(7)9(5)15-3/h4H,1-3H3. The predicted octanol–water partition coefficient (Wildman–Crippen LogP) is 1.82. The minimum Gasteiger partial charge on any atom is -0.481 e. The molecule has 5 nitrogen and oxygen atoms in total. The van der Waals surface area contributed by atoms with Crippen LogP contribution < -0.4 is 9.47 Å². The fourth-order valence-electron chi connectivity index (χ4n) is 1.44. The van der Waals surface area contributed by atoms with Crippen LogP contribution in [0.2, 0.25) is 0 Å². The van der Waals surface area contributed by atoms with Gasteiger partial charge in [-0.25, -0.2) is 0 Å². The smallest absolute Gasteiger partial charge is 0.224 e. The van der Waals surface area contributed by atoms with Gasteiger partial charge in [0.1, 0.15) is 0 Å². The Morgan fingerprint density at radius 3 is 2.67 bits per heavy atom. The molecule has 2 heterocycles. The molecule has 0 bridgehead atoms. The number of fused-ring (bicyclic) bond motifs is 1. The lowest BCUT2D eigenvalue weighted by molar-refractivity contribution is 0.359. The fourth-order valence-corrected chi connectivity index (χ4v) is 1.79. The third kappa shape index (κ3) is 1.45. The molecule has 0 fully saturated rings. The molecule has 0 unspecified atom stereocenters. The van der Waals surface area contributed by atoms with Crippen LogP contribution in [-0.2, 0) is 0 Å². The number of aromatic nitrogens is 3. The lowest BCUT2D eigenvalue weighted by Gasteiger charge is -2.09. The first-order valence-electron chi connectivity index (χ1n) is 4.31. The van der Waals surface area contributed by atoms with Crippen molar-refractivity contribution in [2.45, 2.75) is 6.92 Å². The molecule has 0 aliphatic heterocycles. The maximum Gasteiger partial charge on any atom is 0.224 e. The summed E-state index contributed by atoms with van der Waals surface area (Å²) in [5.74, 6) is 1.17. The summed E-state index contributed by atoms with van der Waals surface area (Å²) in [5, 5.41) is 4.15. The quantitative estimate of drug-likeness (QED) is 0.836. The van der Waals surface area contributed by atoms with Gasteiger partial charge in [-0.15, -0.1) is 0 Å². The van der Waals surface area contributed by atoms with Crippen LogP contribution >= 0.6 is 15.9 Å². The second-order valence-electron chi connectivity index (χ2n) is 2.98. The van der Waals surface area contributed by atoms with E-state index in [1.165, 1.54) is 0 Å². The topological polar surface area (TPSA) is 48.7 Å². The van der Waals surface area contributed by atoms with Crippen molar-refractivity contribution in [3.05, 3.63) is 16.2 Å². The van der Waals surface area contributed by atoms with Gasteiger partial charge in [0.2, 0.25) is 11.8 Å². The van der Waals surface area contributed by atoms with E-state index < -0.39 is 0 Å². The van der Waals surface area contributed by atoms with Gasteiger partial charge in [-0.2, -0.15) is 14.6 Å². The van der Waals surface area contributed by atoms with Crippen molar-refractivity contribution in [1.29, 1.82) is 0 Å². The van der Waals surface area contributed by atoms with Gasteiger partial charge in [-0.3, -0.25) is 0 Å². The van der Waals surface area contributed by atoms with Crippen LogP contribution in [0.1, 0.15) is 5.56 Å². The average Bonchev–Trinajstić information content (AvgIpc) is 2.59. The summed E-state index contributed by atoms with van der Waals surface area (Å²) in [4.78, 5) is 4.31. The summed E-state index contributed by atoms with van der Waals surface area (Å²) in [7, 11) is 3.17. The van der Waals surface area contributed by atoms with Gasteiger partial charge in [0.25, 0.3) is 0 Å². The number of halogens is 1. The molecule has 2 rings (SSSR count). The molecule has 15 heavy (non-hydrogen) atoms. The number of nitrogens with zero attached hydrogens (tertiary/aromatic N) is 3. The second kappa shape index (κ2) is 3.69. The minimum atomic E-state index is 0.542. The van der Waals surface area contributed by atoms with E-state index in [2.05, 4.69) is 26.0 Å². The summed E-state index contributed by atoms with van der Waals surface area (Å²) in [6, 6.07) is 0. The molecule has 0 saturated carbocycles. The Hall–Kier alpha value is -1.30. The maximum atomic E-state index is 5.27. The molecule has 0 aliphatic carbocycles. The Morgan fingerprint density at radius 2 is 2.07 bits per heavy atom. The summed E-state index contributed by atoms with van der Waals surface area (Å²) in [6.45, 7) is 1.87. The zero-order chi connectivity index (χ0) is 11.0. The Labute approximate surface area is 95.1 Å². The molecule has 0 spiro atoms. The van der Waals surface area contributed by atoms with E-state index in [4.69, 9.17) is 9.47 Å². The Kier molecular flexibility index (Phi) is 2.52. The maximum absolute atomic E-state index is 5.27. The van der Waals surface area contributed by atoms with Gasteiger partial charge in [-0.1, -0.05) is 0 Å². The number of ether oxygens (including phenoxy) is 2. The van der Waals surface area contributed by atoms with Gasteiger partial charge in [0.05, 0.1) is 30.5 Å². The summed E-state index contributed by atoms with van der Waals surface area (Å²) in [5.41, 5.74) is 1.50. The summed E-state index contributed by atoms with van der Waals surface area (Å²) in [6.07, 6.45) is 1.67. The highest BCUT2D eigenvalue weighted by atomic mass is 79.9. The van der Waals surface area contributed by atoms with E-state index >= 15 is 0 Å². The van der Waals surface area contributed by atoms with Crippen molar-refractivity contribution in [1.82, 2.24) is 14.6 Å². The van der Waals surface area contributed by atoms with Gasteiger partial charge in [0.15, 0.2) is 5.65 Å².